The summed E-state index contributed by atoms with van der Waals surface area (Å²) in [6, 6.07) is 0. The second-order valence-corrected chi connectivity index (χ2v) is 7.54. The van der Waals surface area contributed by atoms with E-state index in [-0.39, 0.29) is 35.5 Å². The van der Waals surface area contributed by atoms with Gasteiger partial charge in [-0.25, -0.2) is 0 Å². The van der Waals surface area contributed by atoms with E-state index in [2.05, 4.69) is 13.8 Å². The number of carboxylic acids is 1. The Bertz CT molecular complexity index is 269. The van der Waals surface area contributed by atoms with Gasteiger partial charge in [-0.2, -0.15) is 0 Å². The molecular formula is C22H43NaO2. The smallest absolute Gasteiger partial charge is 0.550 e. The Labute approximate surface area is 180 Å². The molecule has 2 nitrogen and oxygen atoms in total. The van der Waals surface area contributed by atoms with Gasteiger partial charge in [-0.1, -0.05) is 117 Å². The van der Waals surface area contributed by atoms with Gasteiger partial charge in [-0.3, -0.25) is 0 Å². The number of aliphatic carboxylic acids is 1. The quantitative estimate of drug-likeness (QED) is 0.261. The molecule has 0 bridgehead atoms. The summed E-state index contributed by atoms with van der Waals surface area (Å²) >= 11 is 0. The van der Waals surface area contributed by atoms with Crippen molar-refractivity contribution in [3.63, 3.8) is 0 Å². The molecule has 25 heavy (non-hydrogen) atoms. The molecule has 0 aromatic rings. The van der Waals surface area contributed by atoms with Crippen molar-refractivity contribution in [2.45, 2.75) is 129 Å². The van der Waals surface area contributed by atoms with Crippen molar-refractivity contribution in [3.8, 4) is 0 Å². The molecule has 0 aromatic carbocycles. The van der Waals surface area contributed by atoms with Crippen LogP contribution in [0.2, 0.25) is 0 Å². The van der Waals surface area contributed by atoms with Crippen molar-refractivity contribution in [3.05, 3.63) is 0 Å². The number of carbonyl (C=O) groups is 1. The van der Waals surface area contributed by atoms with E-state index in [9.17, 15) is 9.90 Å². The van der Waals surface area contributed by atoms with Gasteiger partial charge in [0, 0.05) is 5.97 Å². The molecule has 0 saturated heterocycles. The maximum atomic E-state index is 11.2. The van der Waals surface area contributed by atoms with Gasteiger partial charge < -0.3 is 9.90 Å². The van der Waals surface area contributed by atoms with Gasteiger partial charge in [-0.05, 0) is 18.8 Å². The first-order valence-corrected chi connectivity index (χ1v) is 10.9. The Balaban J connectivity index is 0. The van der Waals surface area contributed by atoms with Gasteiger partial charge >= 0.3 is 29.6 Å². The van der Waals surface area contributed by atoms with E-state index in [1.54, 1.807) is 0 Å². The zero-order valence-corrected chi connectivity index (χ0v) is 19.6. The van der Waals surface area contributed by atoms with Crippen molar-refractivity contribution >= 4 is 5.97 Å². The Morgan fingerprint density at radius 3 is 1.16 bits per heavy atom. The second kappa shape index (κ2) is 22.5. The molecular weight excluding hydrogens is 319 g/mol. The fraction of sp³-hybridized carbons (Fsp3) is 0.955. The summed E-state index contributed by atoms with van der Waals surface area (Å²) in [5, 5.41) is 11.2. The molecule has 1 atom stereocenters. The van der Waals surface area contributed by atoms with Crippen LogP contribution in [0.3, 0.4) is 0 Å². The monoisotopic (exact) mass is 362 g/mol. The number of hydrogen-bond acceptors (Lipinski definition) is 2. The number of unbranched alkanes of at least 4 members (excludes halogenated alkanes) is 14. The average molecular weight is 363 g/mol. The number of carboxylic acid groups (broad SMARTS) is 1. The Morgan fingerprint density at radius 2 is 0.880 bits per heavy atom. The van der Waals surface area contributed by atoms with Crippen LogP contribution in [0.4, 0.5) is 0 Å². The Kier molecular flexibility index (Phi) is 24.9. The molecule has 0 spiro atoms. The van der Waals surface area contributed by atoms with Crippen LogP contribution in [0.25, 0.3) is 0 Å². The van der Waals surface area contributed by atoms with Crippen LogP contribution < -0.4 is 34.7 Å². The topological polar surface area (TPSA) is 40.1 Å². The second-order valence-electron chi connectivity index (χ2n) is 7.54. The molecule has 0 heterocycles. The minimum Gasteiger partial charge on any atom is -0.550 e. The first-order chi connectivity index (χ1) is 11.7. The summed E-state index contributed by atoms with van der Waals surface area (Å²) in [7, 11) is 0. The fourth-order valence-corrected chi connectivity index (χ4v) is 3.43. The van der Waals surface area contributed by atoms with E-state index in [4.69, 9.17) is 0 Å². The first-order valence-electron chi connectivity index (χ1n) is 10.9. The molecule has 0 rings (SSSR count). The van der Waals surface area contributed by atoms with E-state index >= 15 is 0 Å². The Morgan fingerprint density at radius 1 is 0.600 bits per heavy atom. The zero-order valence-electron chi connectivity index (χ0n) is 17.6. The maximum Gasteiger partial charge on any atom is 1.00 e. The molecule has 0 aliphatic carbocycles. The minimum absolute atomic E-state index is 0. The largest absolute Gasteiger partial charge is 1.00 e. The fourth-order valence-electron chi connectivity index (χ4n) is 3.43. The van der Waals surface area contributed by atoms with Crippen LogP contribution in [0.15, 0.2) is 0 Å². The average Bonchev–Trinajstić information content (AvgIpc) is 2.57. The predicted molar refractivity (Wildman–Crippen MR) is 103 cm³/mol. The van der Waals surface area contributed by atoms with Crippen LogP contribution >= 0.6 is 0 Å². The summed E-state index contributed by atoms with van der Waals surface area (Å²) in [5.41, 5.74) is 0. The van der Waals surface area contributed by atoms with Crippen molar-refractivity contribution < 1.29 is 39.5 Å². The molecule has 0 amide bonds. The predicted octanol–water partition coefficient (Wildman–Crippen LogP) is 3.42. The zero-order chi connectivity index (χ0) is 17.9. The third-order valence-electron chi connectivity index (χ3n) is 5.15. The summed E-state index contributed by atoms with van der Waals surface area (Å²) in [5.74, 6) is -1.02. The van der Waals surface area contributed by atoms with Gasteiger partial charge in [0.15, 0.2) is 0 Å². The third-order valence-corrected chi connectivity index (χ3v) is 5.15. The molecule has 1 unspecified atom stereocenters. The molecule has 0 radical (unpaired) electrons. The van der Waals surface area contributed by atoms with Gasteiger partial charge in [-0.15, -0.1) is 0 Å². The van der Waals surface area contributed by atoms with E-state index in [1.807, 2.05) is 0 Å². The van der Waals surface area contributed by atoms with Crippen molar-refractivity contribution in [1.82, 2.24) is 0 Å². The van der Waals surface area contributed by atoms with Crippen molar-refractivity contribution in [2.75, 3.05) is 0 Å². The number of carbonyl (C=O) groups excluding carboxylic acids is 1. The molecule has 0 fully saturated rings. The molecule has 0 aliphatic rings. The molecule has 0 saturated carbocycles. The normalized spacial score (nSPS) is 11.9. The van der Waals surface area contributed by atoms with Crippen LogP contribution in [-0.2, 0) is 4.79 Å². The summed E-state index contributed by atoms with van der Waals surface area (Å²) in [6.07, 6.45) is 22.1. The molecule has 0 aliphatic heterocycles. The molecule has 3 heteroatoms. The molecule has 144 valence electrons. The van der Waals surface area contributed by atoms with Crippen LogP contribution in [-0.4, -0.2) is 5.97 Å². The van der Waals surface area contributed by atoms with E-state index in [0.29, 0.717) is 0 Å². The number of rotatable bonds is 19. The summed E-state index contributed by atoms with van der Waals surface area (Å²) in [4.78, 5) is 11.2. The van der Waals surface area contributed by atoms with E-state index in [1.165, 1.54) is 89.9 Å². The summed E-state index contributed by atoms with van der Waals surface area (Å²) < 4.78 is 0. The summed E-state index contributed by atoms with van der Waals surface area (Å²) in [6.45, 7) is 4.48. The van der Waals surface area contributed by atoms with Crippen LogP contribution in [0.1, 0.15) is 129 Å². The SMILES string of the molecule is CCCCCCCCCCCCC(CCCCCCCC)C(=O)[O-].[Na+]. The van der Waals surface area contributed by atoms with E-state index < -0.39 is 5.97 Å². The van der Waals surface area contributed by atoms with E-state index in [0.717, 1.165) is 25.7 Å². The minimum atomic E-state index is -0.820. The van der Waals surface area contributed by atoms with Crippen molar-refractivity contribution in [2.24, 2.45) is 5.92 Å². The van der Waals surface area contributed by atoms with Gasteiger partial charge in [0.1, 0.15) is 0 Å². The first kappa shape index (κ1) is 27.7. The van der Waals surface area contributed by atoms with Gasteiger partial charge in [0.25, 0.3) is 0 Å². The van der Waals surface area contributed by atoms with Gasteiger partial charge in [0.05, 0.1) is 0 Å². The Hall–Kier alpha value is 0.470. The molecule has 0 aromatic heterocycles. The maximum absolute atomic E-state index is 11.2. The van der Waals surface area contributed by atoms with Crippen molar-refractivity contribution in [1.29, 1.82) is 0 Å². The van der Waals surface area contributed by atoms with Crippen LogP contribution in [0, 0.1) is 5.92 Å². The third kappa shape index (κ3) is 20.6. The van der Waals surface area contributed by atoms with Crippen LogP contribution in [0.5, 0.6) is 0 Å². The standard InChI is InChI=1S/C22H44O2.Na/c1-3-5-7-9-11-12-13-14-16-18-20-21(22(23)24)19-17-15-10-8-6-4-2;/h21H,3-20H2,1-2H3,(H,23,24);/q;+1/p-1. The molecule has 0 N–H and O–H groups in total. The van der Waals surface area contributed by atoms with Gasteiger partial charge in [0.2, 0.25) is 0 Å². The number of hydrogen-bond donors (Lipinski definition) is 0.